The third-order valence-corrected chi connectivity index (χ3v) is 4.38. The van der Waals surface area contributed by atoms with Crippen LogP contribution in [0.5, 0.6) is 0 Å². The van der Waals surface area contributed by atoms with E-state index in [1.54, 1.807) is 6.07 Å². The van der Waals surface area contributed by atoms with Gasteiger partial charge in [0, 0.05) is 32.7 Å². The number of benzene rings is 1. The highest BCUT2D eigenvalue weighted by atomic mass is 16.5. The maximum Gasteiger partial charge on any atom is 0.373 e. The molecule has 1 aliphatic heterocycles. The topological polar surface area (TPSA) is 45.9 Å². The third-order valence-electron chi connectivity index (χ3n) is 4.38. The second-order valence-electron chi connectivity index (χ2n) is 6.30. The summed E-state index contributed by atoms with van der Waals surface area (Å²) < 4.78 is 10.2. The molecule has 0 unspecified atom stereocenters. The smallest absolute Gasteiger partial charge is 0.373 e. The summed E-state index contributed by atoms with van der Waals surface area (Å²) in [4.78, 5) is 16.3. The number of rotatable bonds is 5. The van der Waals surface area contributed by atoms with Crippen molar-refractivity contribution in [2.75, 3.05) is 33.3 Å². The molecule has 1 fully saturated rings. The van der Waals surface area contributed by atoms with Gasteiger partial charge in [0.05, 0.1) is 13.7 Å². The second-order valence-corrected chi connectivity index (χ2v) is 6.30. The molecule has 24 heavy (non-hydrogen) atoms. The predicted molar refractivity (Wildman–Crippen MR) is 91.8 cm³/mol. The summed E-state index contributed by atoms with van der Waals surface area (Å²) in [5.74, 6) is 0.650. The molecular weight excluding hydrogens is 304 g/mol. The Morgan fingerprint density at radius 1 is 1.08 bits per heavy atom. The SMILES string of the molecule is COC(=O)c1ccc(CN2CCN(Cc3cccc(C)c3)CC2)o1. The van der Waals surface area contributed by atoms with Crippen molar-refractivity contribution in [3.05, 3.63) is 59.0 Å². The minimum atomic E-state index is -0.427. The van der Waals surface area contributed by atoms with Crippen molar-refractivity contribution in [3.63, 3.8) is 0 Å². The summed E-state index contributed by atoms with van der Waals surface area (Å²) in [6.45, 7) is 7.95. The number of furan rings is 1. The fourth-order valence-electron chi connectivity index (χ4n) is 3.07. The van der Waals surface area contributed by atoms with E-state index < -0.39 is 5.97 Å². The van der Waals surface area contributed by atoms with Gasteiger partial charge >= 0.3 is 5.97 Å². The van der Waals surface area contributed by atoms with Gasteiger partial charge in [-0.05, 0) is 24.6 Å². The molecule has 3 rings (SSSR count). The Balaban J connectivity index is 1.48. The van der Waals surface area contributed by atoms with Crippen LogP contribution in [0.1, 0.15) is 27.4 Å². The van der Waals surface area contributed by atoms with E-state index in [2.05, 4.69) is 45.7 Å². The largest absolute Gasteiger partial charge is 0.463 e. The van der Waals surface area contributed by atoms with Gasteiger partial charge in [-0.25, -0.2) is 4.79 Å². The summed E-state index contributed by atoms with van der Waals surface area (Å²) in [6.07, 6.45) is 0. The zero-order chi connectivity index (χ0) is 16.9. The van der Waals surface area contributed by atoms with Crippen molar-refractivity contribution < 1.29 is 13.9 Å². The zero-order valence-corrected chi connectivity index (χ0v) is 14.3. The lowest BCUT2D eigenvalue weighted by Gasteiger charge is -2.34. The molecule has 1 saturated heterocycles. The lowest BCUT2D eigenvalue weighted by atomic mass is 10.1. The van der Waals surface area contributed by atoms with E-state index in [0.717, 1.165) is 45.0 Å². The number of piperazine rings is 1. The number of methoxy groups -OCH3 is 1. The van der Waals surface area contributed by atoms with E-state index in [0.29, 0.717) is 0 Å². The number of nitrogens with zero attached hydrogens (tertiary/aromatic N) is 2. The molecule has 1 aliphatic rings. The minimum Gasteiger partial charge on any atom is -0.463 e. The molecule has 5 heteroatoms. The van der Waals surface area contributed by atoms with E-state index >= 15 is 0 Å². The van der Waals surface area contributed by atoms with Crippen molar-refractivity contribution in [1.29, 1.82) is 0 Å². The van der Waals surface area contributed by atoms with Gasteiger partial charge in [-0.2, -0.15) is 0 Å². The van der Waals surface area contributed by atoms with Crippen LogP contribution in [0.15, 0.2) is 40.8 Å². The van der Waals surface area contributed by atoms with Crippen LogP contribution in [0.4, 0.5) is 0 Å². The Labute approximate surface area is 142 Å². The van der Waals surface area contributed by atoms with Crippen LogP contribution in [0.3, 0.4) is 0 Å². The summed E-state index contributed by atoms with van der Waals surface area (Å²) in [6, 6.07) is 12.2. The maximum absolute atomic E-state index is 11.4. The van der Waals surface area contributed by atoms with Gasteiger partial charge in [-0.3, -0.25) is 9.80 Å². The molecule has 2 aromatic rings. The lowest BCUT2D eigenvalue weighted by molar-refractivity contribution is 0.0559. The van der Waals surface area contributed by atoms with Crippen LogP contribution in [0.25, 0.3) is 0 Å². The molecule has 2 heterocycles. The Kier molecular flexibility index (Phi) is 5.33. The fraction of sp³-hybridized carbons (Fsp3) is 0.421. The van der Waals surface area contributed by atoms with Crippen molar-refractivity contribution in [3.8, 4) is 0 Å². The average molecular weight is 328 g/mol. The number of carbonyl (C=O) groups is 1. The van der Waals surface area contributed by atoms with Gasteiger partial charge in [0.15, 0.2) is 0 Å². The van der Waals surface area contributed by atoms with Gasteiger partial charge in [0.25, 0.3) is 0 Å². The maximum atomic E-state index is 11.4. The molecule has 0 saturated carbocycles. The molecule has 0 amide bonds. The number of hydrogen-bond donors (Lipinski definition) is 0. The monoisotopic (exact) mass is 328 g/mol. The van der Waals surface area contributed by atoms with E-state index in [4.69, 9.17) is 4.42 Å². The van der Waals surface area contributed by atoms with Gasteiger partial charge in [0.1, 0.15) is 5.76 Å². The van der Waals surface area contributed by atoms with E-state index in [-0.39, 0.29) is 5.76 Å². The molecule has 0 spiro atoms. The van der Waals surface area contributed by atoms with Crippen LogP contribution in [-0.4, -0.2) is 49.1 Å². The molecule has 5 nitrogen and oxygen atoms in total. The summed E-state index contributed by atoms with van der Waals surface area (Å²) >= 11 is 0. The zero-order valence-electron chi connectivity index (χ0n) is 14.3. The van der Waals surface area contributed by atoms with Crippen molar-refractivity contribution in [2.45, 2.75) is 20.0 Å². The van der Waals surface area contributed by atoms with Crippen molar-refractivity contribution in [1.82, 2.24) is 9.80 Å². The summed E-state index contributed by atoms with van der Waals surface area (Å²) in [5, 5.41) is 0. The summed E-state index contributed by atoms with van der Waals surface area (Å²) in [7, 11) is 1.36. The second kappa shape index (κ2) is 7.64. The first-order chi connectivity index (χ1) is 11.6. The highest BCUT2D eigenvalue weighted by molar-refractivity contribution is 5.86. The first-order valence-electron chi connectivity index (χ1n) is 8.31. The number of esters is 1. The standard InChI is InChI=1S/C19H24N2O3/c1-15-4-3-5-16(12-15)13-20-8-10-21(11-9-20)14-17-6-7-18(24-17)19(22)23-2/h3-7,12H,8-11,13-14H2,1-2H3. The van der Waals surface area contributed by atoms with Crippen LogP contribution in [-0.2, 0) is 17.8 Å². The normalized spacial score (nSPS) is 16.2. The molecule has 0 bridgehead atoms. The lowest BCUT2D eigenvalue weighted by Crippen LogP contribution is -2.45. The predicted octanol–water partition coefficient (Wildman–Crippen LogP) is 2.69. The molecule has 128 valence electrons. The first-order valence-corrected chi connectivity index (χ1v) is 8.31. The molecule has 0 N–H and O–H groups in total. The van der Waals surface area contributed by atoms with Crippen molar-refractivity contribution >= 4 is 5.97 Å². The minimum absolute atomic E-state index is 0.269. The molecule has 0 radical (unpaired) electrons. The molecule has 0 aliphatic carbocycles. The van der Waals surface area contributed by atoms with Crippen LogP contribution in [0.2, 0.25) is 0 Å². The van der Waals surface area contributed by atoms with Gasteiger partial charge in [-0.15, -0.1) is 0 Å². The van der Waals surface area contributed by atoms with E-state index in [1.807, 2.05) is 6.07 Å². The van der Waals surface area contributed by atoms with Crippen molar-refractivity contribution in [2.24, 2.45) is 0 Å². The Morgan fingerprint density at radius 3 is 2.46 bits per heavy atom. The number of hydrogen-bond acceptors (Lipinski definition) is 5. The van der Waals surface area contributed by atoms with Gasteiger partial charge in [0.2, 0.25) is 5.76 Å². The molecule has 1 aromatic carbocycles. The van der Waals surface area contributed by atoms with Crippen LogP contribution in [0, 0.1) is 6.92 Å². The number of ether oxygens (including phenoxy) is 1. The Morgan fingerprint density at radius 2 is 1.79 bits per heavy atom. The first kappa shape index (κ1) is 16.7. The fourth-order valence-corrected chi connectivity index (χ4v) is 3.07. The van der Waals surface area contributed by atoms with Gasteiger partial charge in [-0.1, -0.05) is 29.8 Å². The highest BCUT2D eigenvalue weighted by Crippen LogP contribution is 2.15. The summed E-state index contributed by atoms with van der Waals surface area (Å²) in [5.41, 5.74) is 2.68. The third kappa shape index (κ3) is 4.24. The van der Waals surface area contributed by atoms with E-state index in [9.17, 15) is 4.79 Å². The molecule has 1 aromatic heterocycles. The molecular formula is C19H24N2O3. The van der Waals surface area contributed by atoms with E-state index in [1.165, 1.54) is 18.2 Å². The number of carbonyl (C=O) groups excluding carboxylic acids is 1. The average Bonchev–Trinajstić information content (AvgIpc) is 3.04. The van der Waals surface area contributed by atoms with Crippen LogP contribution < -0.4 is 0 Å². The highest BCUT2D eigenvalue weighted by Gasteiger charge is 2.19. The Hall–Kier alpha value is -2.11. The number of aryl methyl sites for hydroxylation is 1. The Bertz CT molecular complexity index is 687. The molecule has 0 atom stereocenters. The quantitative estimate of drug-likeness (QED) is 0.790. The van der Waals surface area contributed by atoms with Gasteiger partial charge < -0.3 is 9.15 Å². The van der Waals surface area contributed by atoms with Crippen LogP contribution >= 0.6 is 0 Å².